The van der Waals surface area contributed by atoms with Crippen LogP contribution in [0.5, 0.6) is 0 Å². The number of nitriles is 1. The number of hydrogen-bond donors (Lipinski definition) is 1. The molecule has 0 atom stereocenters. The minimum absolute atomic E-state index is 0.169. The molecule has 3 aromatic rings. The number of aromatic nitrogens is 3. The first-order chi connectivity index (χ1) is 14.3. The van der Waals surface area contributed by atoms with Gasteiger partial charge in [0, 0.05) is 11.9 Å². The molecule has 0 fully saturated rings. The zero-order valence-electron chi connectivity index (χ0n) is 15.0. The second kappa shape index (κ2) is 9.10. The van der Waals surface area contributed by atoms with E-state index in [9.17, 15) is 22.8 Å². The summed E-state index contributed by atoms with van der Waals surface area (Å²) >= 11 is 2.48. The Kier molecular flexibility index (Phi) is 6.53. The summed E-state index contributed by atoms with van der Waals surface area (Å²) in [7, 11) is 0. The Morgan fingerprint density at radius 1 is 1.23 bits per heavy atom. The second-order valence-corrected chi connectivity index (χ2v) is 8.07. The Labute approximate surface area is 176 Å². The van der Waals surface area contributed by atoms with E-state index in [-0.39, 0.29) is 5.13 Å². The van der Waals surface area contributed by atoms with Crippen molar-refractivity contribution in [1.29, 1.82) is 5.26 Å². The van der Waals surface area contributed by atoms with Crippen LogP contribution in [0.2, 0.25) is 0 Å². The van der Waals surface area contributed by atoms with Crippen molar-refractivity contribution in [2.24, 2.45) is 0 Å². The number of benzene rings is 1. The van der Waals surface area contributed by atoms with E-state index < -0.39 is 29.8 Å². The monoisotopic (exact) mass is 451 g/mol. The van der Waals surface area contributed by atoms with E-state index in [0.29, 0.717) is 26.3 Å². The first kappa shape index (κ1) is 21.5. The number of nitrogens with zero attached hydrogens (tertiary/aromatic N) is 4. The molecular formula is C18H12F3N5O2S2. The van der Waals surface area contributed by atoms with Crippen molar-refractivity contribution in [2.45, 2.75) is 22.8 Å². The van der Waals surface area contributed by atoms with Crippen molar-refractivity contribution in [3.05, 3.63) is 69.6 Å². The van der Waals surface area contributed by atoms with Gasteiger partial charge in [0.05, 0.1) is 11.6 Å². The van der Waals surface area contributed by atoms with Gasteiger partial charge in [-0.05, 0) is 29.8 Å². The van der Waals surface area contributed by atoms with E-state index >= 15 is 0 Å². The first-order valence-electron chi connectivity index (χ1n) is 8.28. The van der Waals surface area contributed by atoms with Gasteiger partial charge in [0.2, 0.25) is 11.0 Å². The van der Waals surface area contributed by atoms with Crippen LogP contribution in [-0.4, -0.2) is 20.7 Å². The highest BCUT2D eigenvalue weighted by Gasteiger charge is 2.34. The topological polar surface area (TPSA) is 101 Å². The van der Waals surface area contributed by atoms with Gasteiger partial charge >= 0.3 is 6.18 Å². The average Bonchev–Trinajstić information content (AvgIpc) is 3.14. The van der Waals surface area contributed by atoms with Crippen LogP contribution in [0.4, 0.5) is 18.3 Å². The summed E-state index contributed by atoms with van der Waals surface area (Å²) in [5.74, 6) is -0.121. The Morgan fingerprint density at radius 3 is 2.63 bits per heavy atom. The van der Waals surface area contributed by atoms with Gasteiger partial charge in [-0.1, -0.05) is 35.2 Å². The molecular weight excluding hydrogens is 439 g/mol. The normalized spacial score (nSPS) is 11.1. The maximum absolute atomic E-state index is 12.8. The number of rotatable bonds is 6. The number of hydrogen-bond acceptors (Lipinski definition) is 7. The van der Waals surface area contributed by atoms with E-state index in [1.165, 1.54) is 11.8 Å². The van der Waals surface area contributed by atoms with E-state index in [1.807, 2.05) is 18.2 Å². The van der Waals surface area contributed by atoms with Crippen LogP contribution >= 0.6 is 23.1 Å². The summed E-state index contributed by atoms with van der Waals surface area (Å²) in [4.78, 5) is 24.0. The number of anilines is 1. The van der Waals surface area contributed by atoms with Crippen molar-refractivity contribution < 1.29 is 18.0 Å². The Balaban J connectivity index is 1.59. The van der Waals surface area contributed by atoms with Crippen LogP contribution in [0.3, 0.4) is 0 Å². The molecule has 154 valence electrons. The number of pyridine rings is 1. The Morgan fingerprint density at radius 2 is 1.97 bits per heavy atom. The molecule has 0 radical (unpaired) electrons. The van der Waals surface area contributed by atoms with E-state index in [0.717, 1.165) is 29.2 Å². The zero-order chi connectivity index (χ0) is 21.7. The predicted molar refractivity (Wildman–Crippen MR) is 105 cm³/mol. The van der Waals surface area contributed by atoms with Gasteiger partial charge in [-0.15, -0.1) is 10.2 Å². The number of nitrogens with one attached hydrogen (secondary N) is 1. The lowest BCUT2D eigenvalue weighted by molar-refractivity contribution is -0.139. The lowest BCUT2D eigenvalue weighted by atomic mass is 10.2. The first-order valence-corrected chi connectivity index (χ1v) is 10.1. The molecule has 1 aromatic carbocycles. The average molecular weight is 451 g/mol. The fraction of sp³-hybridized carbons (Fsp3) is 0.167. The lowest BCUT2D eigenvalue weighted by Crippen LogP contribution is -2.31. The molecule has 0 bridgehead atoms. The molecule has 0 aliphatic rings. The molecule has 1 amide bonds. The summed E-state index contributed by atoms with van der Waals surface area (Å²) in [6.45, 7) is -0.587. The van der Waals surface area contributed by atoms with Crippen LogP contribution in [-0.2, 0) is 23.3 Å². The third-order valence-corrected chi connectivity index (χ3v) is 5.78. The van der Waals surface area contributed by atoms with Crippen molar-refractivity contribution >= 4 is 34.1 Å². The van der Waals surface area contributed by atoms with Crippen molar-refractivity contribution in [3.63, 3.8) is 0 Å². The summed E-state index contributed by atoms with van der Waals surface area (Å²) in [5, 5.41) is 19.1. The Bertz CT molecular complexity index is 1150. The van der Waals surface area contributed by atoms with Gasteiger partial charge in [0.25, 0.3) is 5.56 Å². The quantitative estimate of drug-likeness (QED) is 0.455. The van der Waals surface area contributed by atoms with Crippen LogP contribution in [0.1, 0.15) is 16.7 Å². The summed E-state index contributed by atoms with van der Waals surface area (Å²) in [5.41, 5.74) is -1.10. The van der Waals surface area contributed by atoms with Gasteiger partial charge in [-0.3, -0.25) is 14.9 Å². The maximum atomic E-state index is 12.8. The largest absolute Gasteiger partial charge is 0.421 e. The van der Waals surface area contributed by atoms with Crippen LogP contribution in [0.15, 0.2) is 51.7 Å². The standard InChI is InChI=1S/C18H12F3N5O2S2/c19-18(20,21)13-2-1-7-26(15(13)28)9-14(27)23-16-24-25-17(30-16)29-10-12-5-3-11(8-22)4-6-12/h1-7H,9-10H2,(H,23,24,27). The fourth-order valence-electron chi connectivity index (χ4n) is 2.33. The molecule has 2 aromatic heterocycles. The molecule has 3 rings (SSSR count). The molecule has 7 nitrogen and oxygen atoms in total. The molecule has 0 unspecified atom stereocenters. The summed E-state index contributed by atoms with van der Waals surface area (Å²) in [6, 6.07) is 10.8. The van der Waals surface area contributed by atoms with Crippen LogP contribution in [0.25, 0.3) is 0 Å². The van der Waals surface area contributed by atoms with Crippen molar-refractivity contribution in [1.82, 2.24) is 14.8 Å². The predicted octanol–water partition coefficient (Wildman–Crippen LogP) is 3.52. The van der Waals surface area contributed by atoms with Gasteiger partial charge in [-0.25, -0.2) is 0 Å². The number of carbonyl (C=O) groups is 1. The molecule has 0 saturated heterocycles. The molecule has 0 saturated carbocycles. The highest BCUT2D eigenvalue weighted by atomic mass is 32.2. The maximum Gasteiger partial charge on any atom is 0.421 e. The third-order valence-electron chi connectivity index (χ3n) is 3.74. The van der Waals surface area contributed by atoms with Gasteiger partial charge in [0.1, 0.15) is 12.1 Å². The molecule has 0 spiro atoms. The van der Waals surface area contributed by atoms with Crippen LogP contribution in [0, 0.1) is 11.3 Å². The molecule has 0 aliphatic carbocycles. The van der Waals surface area contributed by atoms with E-state index in [4.69, 9.17) is 5.26 Å². The number of carbonyl (C=O) groups excluding carboxylic acids is 1. The van der Waals surface area contributed by atoms with Crippen LogP contribution < -0.4 is 10.9 Å². The highest BCUT2D eigenvalue weighted by molar-refractivity contribution is 8.00. The number of amides is 1. The lowest BCUT2D eigenvalue weighted by Gasteiger charge is -2.09. The van der Waals surface area contributed by atoms with Crippen molar-refractivity contribution in [3.8, 4) is 6.07 Å². The molecule has 12 heteroatoms. The molecule has 2 heterocycles. The number of halogens is 3. The smallest absolute Gasteiger partial charge is 0.306 e. The SMILES string of the molecule is N#Cc1ccc(CSc2nnc(NC(=O)Cn3cccc(C(F)(F)F)c3=O)s2)cc1. The molecule has 0 aliphatic heterocycles. The molecule has 30 heavy (non-hydrogen) atoms. The molecule has 1 N–H and O–H groups in total. The minimum Gasteiger partial charge on any atom is -0.306 e. The van der Waals surface area contributed by atoms with E-state index in [1.54, 1.807) is 12.1 Å². The summed E-state index contributed by atoms with van der Waals surface area (Å²) in [6.07, 6.45) is -3.69. The van der Waals surface area contributed by atoms with Gasteiger partial charge < -0.3 is 4.57 Å². The van der Waals surface area contributed by atoms with E-state index in [2.05, 4.69) is 15.5 Å². The van der Waals surface area contributed by atoms with Crippen molar-refractivity contribution in [2.75, 3.05) is 5.32 Å². The highest BCUT2D eigenvalue weighted by Crippen LogP contribution is 2.28. The summed E-state index contributed by atoms with van der Waals surface area (Å²) < 4.78 is 39.7. The fourth-order valence-corrected chi connectivity index (χ4v) is 4.05. The number of alkyl halides is 3. The Hall–Kier alpha value is -3.17. The van der Waals surface area contributed by atoms with Gasteiger partial charge in [-0.2, -0.15) is 18.4 Å². The zero-order valence-corrected chi connectivity index (χ0v) is 16.6. The second-order valence-electron chi connectivity index (χ2n) is 5.87. The number of thioether (sulfide) groups is 1. The van der Waals surface area contributed by atoms with Gasteiger partial charge in [0.15, 0.2) is 4.34 Å². The third kappa shape index (κ3) is 5.46. The minimum atomic E-state index is -4.79.